The first-order valence-corrected chi connectivity index (χ1v) is 14.6. The largest absolute Gasteiger partial charge is 0.491 e. The molecule has 1 unspecified atom stereocenters. The van der Waals surface area contributed by atoms with E-state index in [1.54, 1.807) is 0 Å². The van der Waals surface area contributed by atoms with Crippen LogP contribution < -0.4 is 15.4 Å². The highest BCUT2D eigenvalue weighted by Gasteiger charge is 2.14. The molecule has 2 amide bonds. The van der Waals surface area contributed by atoms with Crippen molar-refractivity contribution in [3.8, 4) is 5.75 Å². The standard InChI is InChI=1S/C30H33N3O3S2/c1-5-9-20(3)36-24-13-14-25(19(2)16-24)29(35)32-23-12-15-26-27(17-23)38-30(33-26)37-18-28(34)31-21(4)22-10-7-6-8-11-22/h6-8,10-17,20-21H,5,9,18H2,1-4H3,(H,31,34)(H,32,35)/t20?,21-/m0/s1. The van der Waals surface area contributed by atoms with E-state index in [-0.39, 0.29) is 29.7 Å². The van der Waals surface area contributed by atoms with Gasteiger partial charge in [-0.1, -0.05) is 55.4 Å². The van der Waals surface area contributed by atoms with Gasteiger partial charge in [-0.3, -0.25) is 9.59 Å². The molecule has 4 rings (SSSR count). The van der Waals surface area contributed by atoms with E-state index in [9.17, 15) is 9.59 Å². The number of amides is 2. The molecule has 1 aromatic heterocycles. The van der Waals surface area contributed by atoms with Crippen molar-refractivity contribution in [3.05, 3.63) is 83.4 Å². The molecule has 0 spiro atoms. The van der Waals surface area contributed by atoms with Gasteiger partial charge in [-0.15, -0.1) is 11.3 Å². The molecule has 6 nitrogen and oxygen atoms in total. The van der Waals surface area contributed by atoms with Crippen LogP contribution in [0.25, 0.3) is 10.2 Å². The van der Waals surface area contributed by atoms with E-state index in [4.69, 9.17) is 4.74 Å². The van der Waals surface area contributed by atoms with Crippen molar-refractivity contribution in [2.75, 3.05) is 11.1 Å². The van der Waals surface area contributed by atoms with Crippen LogP contribution in [0.5, 0.6) is 5.75 Å². The van der Waals surface area contributed by atoms with Crippen LogP contribution in [0.3, 0.4) is 0 Å². The molecule has 0 radical (unpaired) electrons. The first-order chi connectivity index (χ1) is 18.3. The number of thiazole rings is 1. The Morgan fingerprint density at radius 3 is 2.58 bits per heavy atom. The molecule has 8 heteroatoms. The third-order valence-electron chi connectivity index (χ3n) is 6.11. The molecule has 4 aromatic rings. The SMILES string of the molecule is CCCC(C)Oc1ccc(C(=O)Nc2ccc3nc(SCC(=O)N[C@@H](C)c4ccccc4)sc3c2)c(C)c1. The Hall–Kier alpha value is -3.36. The maximum absolute atomic E-state index is 13.0. The molecule has 1 heterocycles. The summed E-state index contributed by atoms with van der Waals surface area (Å²) in [5, 5.41) is 6.03. The summed E-state index contributed by atoms with van der Waals surface area (Å²) >= 11 is 2.92. The summed E-state index contributed by atoms with van der Waals surface area (Å²) in [7, 11) is 0. The summed E-state index contributed by atoms with van der Waals surface area (Å²) in [6.45, 7) is 8.08. The quantitative estimate of drug-likeness (QED) is 0.191. The lowest BCUT2D eigenvalue weighted by Gasteiger charge is -2.15. The van der Waals surface area contributed by atoms with Crippen molar-refractivity contribution < 1.29 is 14.3 Å². The number of hydrogen-bond acceptors (Lipinski definition) is 6. The minimum Gasteiger partial charge on any atom is -0.491 e. The zero-order valence-corrected chi connectivity index (χ0v) is 23.7. The first kappa shape index (κ1) is 27.7. The molecule has 3 aromatic carbocycles. The summed E-state index contributed by atoms with van der Waals surface area (Å²) in [4.78, 5) is 30.0. The average molecular weight is 548 g/mol. The maximum atomic E-state index is 13.0. The van der Waals surface area contributed by atoms with E-state index in [1.807, 2.05) is 80.6 Å². The van der Waals surface area contributed by atoms with Gasteiger partial charge in [0.1, 0.15) is 5.75 Å². The van der Waals surface area contributed by atoms with Crippen molar-refractivity contribution in [1.82, 2.24) is 10.3 Å². The number of aryl methyl sites for hydroxylation is 1. The number of benzene rings is 3. The van der Waals surface area contributed by atoms with Gasteiger partial charge in [0.25, 0.3) is 5.91 Å². The van der Waals surface area contributed by atoms with Gasteiger partial charge >= 0.3 is 0 Å². The fraction of sp³-hybridized carbons (Fsp3) is 0.300. The molecule has 0 saturated carbocycles. The van der Waals surface area contributed by atoms with Gasteiger partial charge in [-0.2, -0.15) is 0 Å². The highest BCUT2D eigenvalue weighted by Crippen LogP contribution is 2.31. The lowest BCUT2D eigenvalue weighted by Crippen LogP contribution is -2.28. The number of nitrogens with one attached hydrogen (secondary N) is 2. The summed E-state index contributed by atoms with van der Waals surface area (Å²) in [6, 6.07) is 21.1. The summed E-state index contributed by atoms with van der Waals surface area (Å²) in [6.07, 6.45) is 2.19. The molecule has 0 bridgehead atoms. The average Bonchev–Trinajstić information content (AvgIpc) is 3.30. The first-order valence-electron chi connectivity index (χ1n) is 12.8. The van der Waals surface area contributed by atoms with Crippen molar-refractivity contribution in [2.24, 2.45) is 0 Å². The second kappa shape index (κ2) is 12.9. The molecule has 0 aliphatic rings. The Morgan fingerprint density at radius 1 is 1.05 bits per heavy atom. The molecule has 0 aliphatic heterocycles. The lowest BCUT2D eigenvalue weighted by molar-refractivity contribution is -0.119. The van der Waals surface area contributed by atoms with Crippen LogP contribution in [-0.2, 0) is 4.79 Å². The third-order valence-corrected chi connectivity index (χ3v) is 8.27. The number of ether oxygens (including phenoxy) is 1. The molecule has 38 heavy (non-hydrogen) atoms. The smallest absolute Gasteiger partial charge is 0.255 e. The third kappa shape index (κ3) is 7.36. The number of fused-ring (bicyclic) bond motifs is 1. The van der Waals surface area contributed by atoms with Crippen LogP contribution in [0.15, 0.2) is 71.1 Å². The van der Waals surface area contributed by atoms with Gasteiger partial charge in [0.15, 0.2) is 4.34 Å². The predicted molar refractivity (Wildman–Crippen MR) is 157 cm³/mol. The zero-order chi connectivity index (χ0) is 27.1. The van der Waals surface area contributed by atoms with Gasteiger partial charge < -0.3 is 15.4 Å². The van der Waals surface area contributed by atoms with Crippen LogP contribution in [0.2, 0.25) is 0 Å². The van der Waals surface area contributed by atoms with Crippen molar-refractivity contribution in [1.29, 1.82) is 0 Å². The Labute approximate surface area is 232 Å². The topological polar surface area (TPSA) is 80.3 Å². The van der Waals surface area contributed by atoms with Crippen LogP contribution in [0.4, 0.5) is 5.69 Å². The van der Waals surface area contributed by atoms with Gasteiger partial charge in [0.2, 0.25) is 5.91 Å². The molecule has 2 N–H and O–H groups in total. The number of carbonyl (C=O) groups excluding carboxylic acids is 2. The Kier molecular flexibility index (Phi) is 9.42. The number of nitrogens with zero attached hydrogens (tertiary/aromatic N) is 1. The van der Waals surface area contributed by atoms with E-state index in [0.717, 1.165) is 44.3 Å². The minimum absolute atomic E-state index is 0.0369. The van der Waals surface area contributed by atoms with Gasteiger partial charge in [0, 0.05) is 11.3 Å². The van der Waals surface area contributed by atoms with Crippen molar-refractivity contribution in [3.63, 3.8) is 0 Å². The van der Waals surface area contributed by atoms with Crippen LogP contribution in [0, 0.1) is 6.92 Å². The molecule has 0 aliphatic carbocycles. The Morgan fingerprint density at radius 2 is 1.84 bits per heavy atom. The number of aromatic nitrogens is 1. The van der Waals surface area contributed by atoms with E-state index in [1.165, 1.54) is 23.1 Å². The second-order valence-corrected chi connectivity index (χ2v) is 11.6. The summed E-state index contributed by atoms with van der Waals surface area (Å²) < 4.78 is 7.72. The Balaban J connectivity index is 1.35. The number of anilines is 1. The van der Waals surface area contributed by atoms with Gasteiger partial charge in [-0.25, -0.2) is 4.98 Å². The zero-order valence-electron chi connectivity index (χ0n) is 22.1. The van der Waals surface area contributed by atoms with Gasteiger partial charge in [-0.05, 0) is 74.7 Å². The molecular weight excluding hydrogens is 514 g/mol. The normalized spacial score (nSPS) is 12.6. The molecule has 0 saturated heterocycles. The highest BCUT2D eigenvalue weighted by molar-refractivity contribution is 8.01. The number of hydrogen-bond donors (Lipinski definition) is 2. The van der Waals surface area contributed by atoms with Crippen molar-refractivity contribution >= 4 is 50.8 Å². The second-order valence-electron chi connectivity index (χ2n) is 9.30. The van der Waals surface area contributed by atoms with Crippen molar-refractivity contribution in [2.45, 2.75) is 57.0 Å². The van der Waals surface area contributed by atoms with E-state index >= 15 is 0 Å². The number of carbonyl (C=O) groups is 2. The van der Waals surface area contributed by atoms with E-state index in [0.29, 0.717) is 11.3 Å². The van der Waals surface area contributed by atoms with Crippen LogP contribution in [0.1, 0.15) is 61.1 Å². The summed E-state index contributed by atoms with van der Waals surface area (Å²) in [5.74, 6) is 0.861. The predicted octanol–water partition coefficient (Wildman–Crippen LogP) is 7.39. The fourth-order valence-corrected chi connectivity index (χ4v) is 6.06. The molecule has 198 valence electrons. The van der Waals surface area contributed by atoms with E-state index in [2.05, 4.69) is 29.5 Å². The molecule has 2 atom stereocenters. The van der Waals surface area contributed by atoms with E-state index < -0.39 is 0 Å². The fourth-order valence-electron chi connectivity index (χ4n) is 4.14. The minimum atomic E-state index is -0.168. The lowest BCUT2D eigenvalue weighted by atomic mass is 10.1. The monoisotopic (exact) mass is 547 g/mol. The van der Waals surface area contributed by atoms with Crippen LogP contribution in [-0.4, -0.2) is 28.7 Å². The van der Waals surface area contributed by atoms with Crippen LogP contribution >= 0.6 is 23.1 Å². The number of thioether (sulfide) groups is 1. The van der Waals surface area contributed by atoms with Gasteiger partial charge in [0.05, 0.1) is 28.1 Å². The summed E-state index contributed by atoms with van der Waals surface area (Å²) in [5.41, 5.74) is 4.08. The highest BCUT2D eigenvalue weighted by atomic mass is 32.2. The molecular formula is C30H33N3O3S2. The Bertz CT molecular complexity index is 1400. The maximum Gasteiger partial charge on any atom is 0.255 e. The number of rotatable bonds is 11. The molecule has 0 fully saturated rings.